The number of carbonyl (C=O) groups excluding carboxylic acids is 1. The second-order valence-corrected chi connectivity index (χ2v) is 5.32. The molecule has 1 N–H and O–H groups in total. The van der Waals surface area contributed by atoms with E-state index in [-0.39, 0.29) is 11.5 Å². The van der Waals surface area contributed by atoms with Crippen LogP contribution in [0, 0.1) is 5.41 Å². The minimum absolute atomic E-state index is 0.211. The molecule has 1 aliphatic heterocycles. The van der Waals surface area contributed by atoms with Crippen molar-refractivity contribution in [3.8, 4) is 0 Å². The van der Waals surface area contributed by atoms with E-state index in [1.165, 1.54) is 7.11 Å². The highest BCUT2D eigenvalue weighted by molar-refractivity contribution is 6.30. The number of carbonyl (C=O) groups is 1. The Morgan fingerprint density at radius 2 is 1.94 bits per heavy atom. The molecule has 1 fully saturated rings. The summed E-state index contributed by atoms with van der Waals surface area (Å²) < 4.78 is 4.88. The van der Waals surface area contributed by atoms with Gasteiger partial charge in [0.15, 0.2) is 0 Å². The molecule has 0 radical (unpaired) electrons. The summed E-state index contributed by atoms with van der Waals surface area (Å²) >= 11 is 5.87. The molecule has 1 aromatic rings. The van der Waals surface area contributed by atoms with Crippen LogP contribution in [0.2, 0.25) is 5.02 Å². The van der Waals surface area contributed by atoms with Crippen molar-refractivity contribution < 1.29 is 9.53 Å². The van der Waals surface area contributed by atoms with Gasteiger partial charge in [-0.2, -0.15) is 0 Å². The average Bonchev–Trinajstić information content (AvgIpc) is 3.10. The van der Waals surface area contributed by atoms with Crippen LogP contribution in [0.25, 0.3) is 0 Å². The quantitative estimate of drug-likeness (QED) is 0.664. The van der Waals surface area contributed by atoms with E-state index in [1.807, 2.05) is 38.1 Å². The first-order valence-corrected chi connectivity index (χ1v) is 5.91. The normalized spacial score (nSPS) is 23.3. The minimum atomic E-state index is -0.602. The summed E-state index contributed by atoms with van der Waals surface area (Å²) in [5.41, 5.74) is 0.137. The number of esters is 1. The third-order valence-electron chi connectivity index (χ3n) is 3.63. The Morgan fingerprint density at radius 3 is 2.35 bits per heavy atom. The molecule has 0 amide bonds. The molecule has 0 aromatic heterocycles. The van der Waals surface area contributed by atoms with Crippen LogP contribution in [-0.4, -0.2) is 19.6 Å². The molecular formula is C13H16ClNO2. The first-order valence-electron chi connectivity index (χ1n) is 5.53. The van der Waals surface area contributed by atoms with E-state index in [4.69, 9.17) is 16.3 Å². The lowest BCUT2D eigenvalue weighted by Crippen LogP contribution is -2.41. The minimum Gasteiger partial charge on any atom is -0.469 e. The molecule has 92 valence electrons. The Hall–Kier alpha value is -1.06. The molecule has 3 nitrogen and oxygen atoms in total. The summed E-state index contributed by atoms with van der Waals surface area (Å²) in [6.07, 6.45) is 0. The van der Waals surface area contributed by atoms with Gasteiger partial charge in [-0.05, 0) is 31.5 Å². The number of nitrogens with one attached hydrogen (secondary N) is 1. The van der Waals surface area contributed by atoms with Crippen LogP contribution >= 0.6 is 11.6 Å². The summed E-state index contributed by atoms with van der Waals surface area (Å²) in [5.74, 6) is -0.211. The molecule has 0 aliphatic carbocycles. The molecule has 0 spiro atoms. The molecule has 4 heteroatoms. The highest BCUT2D eigenvalue weighted by Gasteiger charge is 2.59. The number of rotatable bonds is 3. The fourth-order valence-electron chi connectivity index (χ4n) is 2.26. The molecule has 0 bridgehead atoms. The Balaban J connectivity index is 2.37. The topological polar surface area (TPSA) is 48.2 Å². The molecule has 1 unspecified atom stereocenters. The lowest BCUT2D eigenvalue weighted by atomic mass is 9.74. The zero-order valence-electron chi connectivity index (χ0n) is 10.2. The van der Waals surface area contributed by atoms with Crippen LogP contribution < -0.4 is 5.32 Å². The second kappa shape index (κ2) is 4.00. The number of ether oxygens (including phenoxy) is 1. The van der Waals surface area contributed by atoms with E-state index in [0.29, 0.717) is 5.02 Å². The fraction of sp³-hybridized carbons (Fsp3) is 0.462. The molecule has 0 saturated carbocycles. The Labute approximate surface area is 106 Å². The highest BCUT2D eigenvalue weighted by atomic mass is 35.5. The first-order chi connectivity index (χ1) is 7.94. The van der Waals surface area contributed by atoms with E-state index >= 15 is 0 Å². The zero-order valence-corrected chi connectivity index (χ0v) is 11.0. The van der Waals surface area contributed by atoms with Crippen LogP contribution in [0.3, 0.4) is 0 Å². The lowest BCUT2D eigenvalue weighted by Gasteiger charge is -2.31. The average molecular weight is 254 g/mol. The zero-order chi connectivity index (χ0) is 12.7. The molecule has 1 saturated heterocycles. The summed E-state index contributed by atoms with van der Waals surface area (Å²) in [6.45, 7) is 4.57. The summed E-state index contributed by atoms with van der Waals surface area (Å²) in [5, 5.41) is 3.99. The van der Waals surface area contributed by atoms with Crippen molar-refractivity contribution >= 4 is 17.6 Å². The van der Waals surface area contributed by atoms with Gasteiger partial charge in [0.05, 0.1) is 18.1 Å². The third kappa shape index (κ3) is 1.83. The van der Waals surface area contributed by atoms with Crippen molar-refractivity contribution in [3.05, 3.63) is 34.9 Å². The maximum absolute atomic E-state index is 11.9. The van der Waals surface area contributed by atoms with E-state index in [0.717, 1.165) is 12.1 Å². The SMILES string of the molecule is COC(=O)C(C)(C)C1(c2ccc(Cl)cc2)CN1. The molecule has 1 atom stereocenters. The lowest BCUT2D eigenvalue weighted by molar-refractivity contribution is -0.153. The summed E-state index contributed by atoms with van der Waals surface area (Å²) in [7, 11) is 1.42. The second-order valence-electron chi connectivity index (χ2n) is 4.88. The summed E-state index contributed by atoms with van der Waals surface area (Å²) in [6, 6.07) is 7.58. The third-order valence-corrected chi connectivity index (χ3v) is 3.88. The number of methoxy groups -OCH3 is 1. The van der Waals surface area contributed by atoms with Crippen LogP contribution in [0.4, 0.5) is 0 Å². The Morgan fingerprint density at radius 1 is 1.41 bits per heavy atom. The van der Waals surface area contributed by atoms with Crippen molar-refractivity contribution in [1.29, 1.82) is 0 Å². The van der Waals surface area contributed by atoms with Crippen LogP contribution in [0.1, 0.15) is 19.4 Å². The number of halogens is 1. The van der Waals surface area contributed by atoms with Crippen LogP contribution in [0.15, 0.2) is 24.3 Å². The van der Waals surface area contributed by atoms with E-state index in [1.54, 1.807) is 0 Å². The predicted molar refractivity (Wildman–Crippen MR) is 66.9 cm³/mol. The van der Waals surface area contributed by atoms with Crippen LogP contribution in [-0.2, 0) is 15.1 Å². The van der Waals surface area contributed by atoms with Gasteiger partial charge in [-0.25, -0.2) is 0 Å². The van der Waals surface area contributed by atoms with Gasteiger partial charge in [-0.3, -0.25) is 4.79 Å². The van der Waals surface area contributed by atoms with Crippen molar-refractivity contribution in [3.63, 3.8) is 0 Å². The summed E-state index contributed by atoms with van der Waals surface area (Å²) in [4.78, 5) is 11.9. The van der Waals surface area contributed by atoms with Gasteiger partial charge >= 0.3 is 5.97 Å². The Kier molecular flexibility index (Phi) is 2.92. The molecular weight excluding hydrogens is 238 g/mol. The molecule has 17 heavy (non-hydrogen) atoms. The van der Waals surface area contributed by atoms with E-state index in [2.05, 4.69) is 5.32 Å². The van der Waals surface area contributed by atoms with Crippen molar-refractivity contribution in [2.75, 3.05) is 13.7 Å². The van der Waals surface area contributed by atoms with Gasteiger partial charge in [-0.15, -0.1) is 0 Å². The molecule has 2 rings (SSSR count). The van der Waals surface area contributed by atoms with Crippen LogP contribution in [0.5, 0.6) is 0 Å². The fourth-order valence-corrected chi connectivity index (χ4v) is 2.39. The Bertz CT molecular complexity index is 435. The first kappa shape index (κ1) is 12.4. The standard InChI is InChI=1S/C13H16ClNO2/c1-12(2,11(16)17-3)13(8-15-13)9-4-6-10(14)7-5-9/h4-7,15H,8H2,1-3H3. The maximum Gasteiger partial charge on any atom is 0.313 e. The molecule has 1 aliphatic rings. The number of benzene rings is 1. The highest BCUT2D eigenvalue weighted by Crippen LogP contribution is 2.47. The van der Waals surface area contributed by atoms with Crippen molar-refractivity contribution in [2.24, 2.45) is 5.41 Å². The van der Waals surface area contributed by atoms with Gasteiger partial charge in [0, 0.05) is 11.6 Å². The van der Waals surface area contributed by atoms with E-state index < -0.39 is 5.41 Å². The monoisotopic (exact) mass is 253 g/mol. The van der Waals surface area contributed by atoms with E-state index in [9.17, 15) is 4.79 Å². The maximum atomic E-state index is 11.9. The van der Waals surface area contributed by atoms with Crippen molar-refractivity contribution in [2.45, 2.75) is 19.4 Å². The van der Waals surface area contributed by atoms with Gasteiger partial charge in [0.25, 0.3) is 0 Å². The van der Waals surface area contributed by atoms with Gasteiger partial charge < -0.3 is 10.1 Å². The molecule has 1 aromatic carbocycles. The van der Waals surface area contributed by atoms with Gasteiger partial charge in [0.2, 0.25) is 0 Å². The van der Waals surface area contributed by atoms with Gasteiger partial charge in [0.1, 0.15) is 0 Å². The van der Waals surface area contributed by atoms with Gasteiger partial charge in [-0.1, -0.05) is 23.7 Å². The smallest absolute Gasteiger partial charge is 0.313 e. The largest absolute Gasteiger partial charge is 0.469 e. The molecule has 1 heterocycles. The number of hydrogen-bond acceptors (Lipinski definition) is 3. The van der Waals surface area contributed by atoms with Crippen molar-refractivity contribution in [1.82, 2.24) is 5.32 Å². The predicted octanol–water partition coefficient (Wildman–Crippen LogP) is 2.34. The number of hydrogen-bond donors (Lipinski definition) is 1.